The fraction of sp³-hybridized carbons (Fsp3) is 0.417. The van der Waals surface area contributed by atoms with Gasteiger partial charge in [-0.15, -0.1) is 0 Å². The van der Waals surface area contributed by atoms with E-state index in [-0.39, 0.29) is 10.7 Å². The molecule has 0 aromatic heterocycles. The maximum Gasteiger partial charge on any atom is 0.251 e. The van der Waals surface area contributed by atoms with Crippen LogP contribution in [0, 0.1) is 0 Å². The van der Waals surface area contributed by atoms with Gasteiger partial charge in [-0.3, -0.25) is 4.79 Å². The Balaban J connectivity index is 2.05. The van der Waals surface area contributed by atoms with Crippen LogP contribution in [-0.4, -0.2) is 23.5 Å². The summed E-state index contributed by atoms with van der Waals surface area (Å²) in [5.74, 6) is -0.167. The molecule has 0 atom stereocenters. The first-order valence-electron chi connectivity index (χ1n) is 5.55. The summed E-state index contributed by atoms with van der Waals surface area (Å²) in [6.45, 7) is 0.673. The van der Waals surface area contributed by atoms with Crippen molar-refractivity contribution in [2.24, 2.45) is 0 Å². The van der Waals surface area contributed by atoms with E-state index >= 15 is 0 Å². The van der Waals surface area contributed by atoms with Crippen molar-refractivity contribution >= 4 is 46.6 Å². The maximum atomic E-state index is 12.0. The zero-order chi connectivity index (χ0) is 13.3. The van der Waals surface area contributed by atoms with E-state index in [4.69, 9.17) is 28.9 Å². The van der Waals surface area contributed by atoms with Crippen LogP contribution in [0.5, 0.6) is 0 Å². The molecule has 0 radical (unpaired) electrons. The summed E-state index contributed by atoms with van der Waals surface area (Å²) in [5, 5.41) is 3.52. The molecule has 1 amide bonds. The summed E-state index contributed by atoms with van der Waals surface area (Å²) >= 11 is 13.6. The Hall–Kier alpha value is -0.580. The third kappa shape index (κ3) is 2.87. The Labute approximate surface area is 120 Å². The standard InChI is InChI=1S/C12H14Cl2N2OS/c1-18-12(2-3-12)6-16-11(17)7-4-8(13)10(15)9(14)5-7/h4-5H,2-3,6,15H2,1H3,(H,16,17). The molecule has 0 unspecified atom stereocenters. The molecule has 98 valence electrons. The Kier molecular flexibility index (Phi) is 3.99. The summed E-state index contributed by atoms with van der Waals surface area (Å²) in [7, 11) is 0. The molecule has 2 rings (SSSR count). The van der Waals surface area contributed by atoms with E-state index in [9.17, 15) is 4.79 Å². The fourth-order valence-electron chi connectivity index (χ4n) is 1.65. The molecule has 0 bridgehead atoms. The van der Waals surface area contributed by atoms with Gasteiger partial charge in [-0.25, -0.2) is 0 Å². The zero-order valence-electron chi connectivity index (χ0n) is 9.93. The predicted molar refractivity (Wildman–Crippen MR) is 78.7 cm³/mol. The average molecular weight is 305 g/mol. The highest BCUT2D eigenvalue weighted by atomic mass is 35.5. The van der Waals surface area contributed by atoms with Crippen molar-refractivity contribution in [3.05, 3.63) is 27.7 Å². The normalized spacial score (nSPS) is 16.4. The molecular weight excluding hydrogens is 291 g/mol. The molecule has 0 heterocycles. The first kappa shape index (κ1) is 13.8. The van der Waals surface area contributed by atoms with Crippen molar-refractivity contribution in [3.63, 3.8) is 0 Å². The van der Waals surface area contributed by atoms with Crippen molar-refractivity contribution < 1.29 is 4.79 Å². The zero-order valence-corrected chi connectivity index (χ0v) is 12.3. The Morgan fingerprint density at radius 2 is 2.00 bits per heavy atom. The van der Waals surface area contributed by atoms with Gasteiger partial charge in [-0.1, -0.05) is 23.2 Å². The first-order chi connectivity index (χ1) is 8.47. The predicted octanol–water partition coefficient (Wildman–Crippen LogP) is 3.20. The van der Waals surface area contributed by atoms with Gasteiger partial charge in [0.2, 0.25) is 0 Å². The second-order valence-electron chi connectivity index (χ2n) is 4.42. The van der Waals surface area contributed by atoms with Gasteiger partial charge in [0.25, 0.3) is 5.91 Å². The molecular formula is C12H14Cl2N2OS. The van der Waals surface area contributed by atoms with Crippen molar-refractivity contribution in [2.45, 2.75) is 17.6 Å². The van der Waals surface area contributed by atoms with Crippen LogP contribution in [0.25, 0.3) is 0 Å². The smallest absolute Gasteiger partial charge is 0.251 e. The lowest BCUT2D eigenvalue weighted by Gasteiger charge is -2.13. The SMILES string of the molecule is CSC1(CNC(=O)c2cc(Cl)c(N)c(Cl)c2)CC1. The molecule has 1 saturated carbocycles. The minimum Gasteiger partial charge on any atom is -0.396 e. The van der Waals surface area contributed by atoms with Crippen molar-refractivity contribution in [3.8, 4) is 0 Å². The van der Waals surface area contributed by atoms with Crippen LogP contribution in [0.3, 0.4) is 0 Å². The molecule has 0 saturated heterocycles. The summed E-state index contributed by atoms with van der Waals surface area (Å²) in [6, 6.07) is 3.08. The first-order valence-corrected chi connectivity index (χ1v) is 7.53. The van der Waals surface area contributed by atoms with Gasteiger partial charge >= 0.3 is 0 Å². The topological polar surface area (TPSA) is 55.1 Å². The molecule has 0 spiro atoms. The number of nitrogens with two attached hydrogens (primary N) is 1. The highest BCUT2D eigenvalue weighted by Gasteiger charge is 2.41. The van der Waals surface area contributed by atoms with Crippen LogP contribution >= 0.6 is 35.0 Å². The van der Waals surface area contributed by atoms with Gasteiger partial charge in [0.1, 0.15) is 0 Å². The van der Waals surface area contributed by atoms with Crippen molar-refractivity contribution in [2.75, 3.05) is 18.5 Å². The second kappa shape index (κ2) is 5.19. The number of halogens is 2. The van der Waals surface area contributed by atoms with Crippen LogP contribution < -0.4 is 11.1 Å². The molecule has 1 aromatic carbocycles. The van der Waals surface area contributed by atoms with E-state index in [1.165, 1.54) is 12.1 Å². The Morgan fingerprint density at radius 3 is 2.44 bits per heavy atom. The summed E-state index contributed by atoms with van der Waals surface area (Å²) in [6.07, 6.45) is 4.37. The molecule has 18 heavy (non-hydrogen) atoms. The maximum absolute atomic E-state index is 12.0. The molecule has 3 nitrogen and oxygen atoms in total. The molecule has 1 fully saturated rings. The van der Waals surface area contributed by atoms with E-state index in [0.717, 1.165) is 12.8 Å². The van der Waals surface area contributed by atoms with Crippen LogP contribution in [0.15, 0.2) is 12.1 Å². The van der Waals surface area contributed by atoms with Crippen LogP contribution in [-0.2, 0) is 0 Å². The van der Waals surface area contributed by atoms with Gasteiger partial charge < -0.3 is 11.1 Å². The lowest BCUT2D eigenvalue weighted by atomic mass is 10.2. The van der Waals surface area contributed by atoms with Crippen LogP contribution in [0.2, 0.25) is 10.0 Å². The lowest BCUT2D eigenvalue weighted by Crippen LogP contribution is -2.31. The average Bonchev–Trinajstić information content (AvgIpc) is 3.13. The highest BCUT2D eigenvalue weighted by Crippen LogP contribution is 2.46. The van der Waals surface area contributed by atoms with Gasteiger partial charge in [-0.2, -0.15) is 11.8 Å². The number of anilines is 1. The molecule has 1 aliphatic rings. The highest BCUT2D eigenvalue weighted by molar-refractivity contribution is 8.00. The number of benzene rings is 1. The van der Waals surface area contributed by atoms with E-state index < -0.39 is 0 Å². The molecule has 6 heteroatoms. The van der Waals surface area contributed by atoms with Gasteiger partial charge in [0.15, 0.2) is 0 Å². The van der Waals surface area contributed by atoms with Crippen LogP contribution in [0.1, 0.15) is 23.2 Å². The third-order valence-corrected chi connectivity index (χ3v) is 5.20. The minimum atomic E-state index is -0.167. The van der Waals surface area contributed by atoms with E-state index in [1.807, 2.05) is 0 Å². The minimum absolute atomic E-state index is 0.167. The largest absolute Gasteiger partial charge is 0.396 e. The van der Waals surface area contributed by atoms with Crippen molar-refractivity contribution in [1.82, 2.24) is 5.32 Å². The molecule has 1 aromatic rings. The van der Waals surface area contributed by atoms with Crippen LogP contribution in [0.4, 0.5) is 5.69 Å². The van der Waals surface area contributed by atoms with Gasteiger partial charge in [0.05, 0.1) is 15.7 Å². The third-order valence-electron chi connectivity index (χ3n) is 3.15. The molecule has 3 N–H and O–H groups in total. The van der Waals surface area contributed by atoms with Gasteiger partial charge in [-0.05, 0) is 31.2 Å². The Morgan fingerprint density at radius 1 is 1.44 bits per heavy atom. The number of carbonyl (C=O) groups excluding carboxylic acids is 1. The molecule has 0 aliphatic heterocycles. The van der Waals surface area contributed by atoms with E-state index in [2.05, 4.69) is 11.6 Å². The number of amides is 1. The number of nitrogen functional groups attached to an aromatic ring is 1. The van der Waals surface area contributed by atoms with Crippen molar-refractivity contribution in [1.29, 1.82) is 0 Å². The summed E-state index contributed by atoms with van der Waals surface area (Å²) < 4.78 is 0.233. The van der Waals surface area contributed by atoms with E-state index in [1.54, 1.807) is 11.8 Å². The molecule has 1 aliphatic carbocycles. The monoisotopic (exact) mass is 304 g/mol. The van der Waals surface area contributed by atoms with Gasteiger partial charge in [0, 0.05) is 16.9 Å². The number of thioether (sulfide) groups is 1. The number of rotatable bonds is 4. The van der Waals surface area contributed by atoms with E-state index in [0.29, 0.717) is 27.8 Å². The summed E-state index contributed by atoms with van der Waals surface area (Å²) in [5.41, 5.74) is 6.37. The number of nitrogens with one attached hydrogen (secondary N) is 1. The quantitative estimate of drug-likeness (QED) is 0.840. The Bertz CT molecular complexity index is 466. The number of hydrogen-bond donors (Lipinski definition) is 2. The number of carbonyl (C=O) groups is 1. The summed E-state index contributed by atoms with van der Waals surface area (Å²) in [4.78, 5) is 12.0. The number of hydrogen-bond acceptors (Lipinski definition) is 3. The second-order valence-corrected chi connectivity index (χ2v) is 6.51. The lowest BCUT2D eigenvalue weighted by molar-refractivity contribution is 0.0953. The fourth-order valence-corrected chi connectivity index (χ4v) is 2.87.